The number of hydrogen-bond acceptors (Lipinski definition) is 4. The van der Waals surface area contributed by atoms with E-state index in [9.17, 15) is 4.79 Å². The number of halogens is 1. The van der Waals surface area contributed by atoms with Crippen molar-refractivity contribution in [3.8, 4) is 0 Å². The monoisotopic (exact) mass is 270 g/mol. The Hall–Kier alpha value is -1.17. The van der Waals surface area contributed by atoms with Crippen molar-refractivity contribution in [3.05, 3.63) is 29.0 Å². The number of ether oxygens (including phenoxy) is 2. The van der Waals surface area contributed by atoms with Crippen LogP contribution < -0.4 is 0 Å². The highest BCUT2D eigenvalue weighted by molar-refractivity contribution is 6.33. The summed E-state index contributed by atoms with van der Waals surface area (Å²) in [7, 11) is 3.23. The molecule has 2 heterocycles. The van der Waals surface area contributed by atoms with E-state index in [1.54, 1.807) is 31.4 Å². The molecule has 2 unspecified atom stereocenters. The Morgan fingerprint density at radius 3 is 2.50 bits per heavy atom. The largest absolute Gasteiger partial charge is 0.377 e. The number of rotatable bonds is 3. The highest BCUT2D eigenvalue weighted by Gasteiger charge is 2.36. The van der Waals surface area contributed by atoms with Crippen LogP contribution in [0.1, 0.15) is 10.4 Å². The molecule has 1 aliphatic heterocycles. The summed E-state index contributed by atoms with van der Waals surface area (Å²) < 4.78 is 10.6. The van der Waals surface area contributed by atoms with Crippen LogP contribution in [0.25, 0.3) is 0 Å². The van der Waals surface area contributed by atoms with Gasteiger partial charge >= 0.3 is 0 Å². The molecule has 6 heteroatoms. The van der Waals surface area contributed by atoms with Crippen molar-refractivity contribution in [2.75, 3.05) is 27.3 Å². The van der Waals surface area contributed by atoms with Crippen LogP contribution in [-0.4, -0.2) is 55.3 Å². The molecule has 0 saturated carbocycles. The number of nitrogens with zero attached hydrogens (tertiary/aromatic N) is 2. The molecule has 0 bridgehead atoms. The lowest BCUT2D eigenvalue weighted by Crippen LogP contribution is -2.30. The SMILES string of the molecule is COC1CN(C(=O)c2ccncc2Cl)CC1OC. The normalized spacial score (nSPS) is 23.4. The van der Waals surface area contributed by atoms with Gasteiger partial charge in [0.15, 0.2) is 0 Å². The predicted octanol–water partition coefficient (Wildman–Crippen LogP) is 1.22. The molecule has 0 aliphatic carbocycles. The second-order valence-electron chi connectivity index (χ2n) is 4.11. The maximum Gasteiger partial charge on any atom is 0.255 e. The second-order valence-corrected chi connectivity index (χ2v) is 4.52. The molecule has 1 fully saturated rings. The summed E-state index contributed by atoms with van der Waals surface area (Å²) in [6, 6.07) is 1.62. The van der Waals surface area contributed by atoms with E-state index < -0.39 is 0 Å². The number of likely N-dealkylation sites (tertiary alicyclic amines) is 1. The summed E-state index contributed by atoms with van der Waals surface area (Å²) in [6.07, 6.45) is 2.82. The molecule has 2 atom stereocenters. The molecule has 1 aromatic heterocycles. The van der Waals surface area contributed by atoms with Crippen molar-refractivity contribution in [1.29, 1.82) is 0 Å². The molecule has 98 valence electrons. The standard InChI is InChI=1S/C12H15ClN2O3/c1-17-10-6-15(7-11(10)18-2)12(16)8-3-4-14-5-9(8)13/h3-5,10-11H,6-7H2,1-2H3. The summed E-state index contributed by atoms with van der Waals surface area (Å²) in [4.78, 5) is 17.8. The average Bonchev–Trinajstić information content (AvgIpc) is 2.81. The van der Waals surface area contributed by atoms with Gasteiger partial charge < -0.3 is 14.4 Å². The maximum atomic E-state index is 12.3. The topological polar surface area (TPSA) is 51.7 Å². The van der Waals surface area contributed by atoms with Crippen LogP contribution in [0.2, 0.25) is 5.02 Å². The molecule has 0 aromatic carbocycles. The summed E-state index contributed by atoms with van der Waals surface area (Å²) in [5.74, 6) is -0.121. The fourth-order valence-corrected chi connectivity index (χ4v) is 2.28. The van der Waals surface area contributed by atoms with Crippen LogP contribution >= 0.6 is 11.6 Å². The van der Waals surface area contributed by atoms with Crippen LogP contribution in [0, 0.1) is 0 Å². The number of amides is 1. The summed E-state index contributed by atoms with van der Waals surface area (Å²) in [6.45, 7) is 1.01. The molecule has 0 spiro atoms. The number of carbonyl (C=O) groups excluding carboxylic acids is 1. The molecule has 18 heavy (non-hydrogen) atoms. The Balaban J connectivity index is 2.14. The van der Waals surface area contributed by atoms with Crippen molar-refractivity contribution in [2.45, 2.75) is 12.2 Å². The third kappa shape index (κ3) is 2.48. The zero-order valence-electron chi connectivity index (χ0n) is 10.3. The number of pyridine rings is 1. The molecule has 1 saturated heterocycles. The van der Waals surface area contributed by atoms with Gasteiger partial charge in [-0.25, -0.2) is 0 Å². The Morgan fingerprint density at radius 2 is 2.00 bits per heavy atom. The van der Waals surface area contributed by atoms with Gasteiger partial charge in [0.2, 0.25) is 0 Å². The zero-order chi connectivity index (χ0) is 13.1. The van der Waals surface area contributed by atoms with Gasteiger partial charge in [-0.05, 0) is 6.07 Å². The Kier molecular flexibility index (Phi) is 4.16. The molecule has 1 aliphatic rings. The minimum absolute atomic E-state index is 0.0976. The molecule has 0 radical (unpaired) electrons. The Labute approximate surface area is 111 Å². The van der Waals surface area contributed by atoms with E-state index in [1.165, 1.54) is 6.20 Å². The van der Waals surface area contributed by atoms with E-state index in [1.807, 2.05) is 0 Å². The van der Waals surface area contributed by atoms with Gasteiger partial charge in [0.25, 0.3) is 5.91 Å². The minimum atomic E-state index is -0.121. The van der Waals surface area contributed by atoms with Gasteiger partial charge in [-0.3, -0.25) is 9.78 Å². The molecule has 5 nitrogen and oxygen atoms in total. The van der Waals surface area contributed by atoms with Crippen molar-refractivity contribution in [3.63, 3.8) is 0 Å². The molecule has 0 N–H and O–H groups in total. The van der Waals surface area contributed by atoms with E-state index in [4.69, 9.17) is 21.1 Å². The smallest absolute Gasteiger partial charge is 0.255 e. The van der Waals surface area contributed by atoms with Gasteiger partial charge in [0, 0.05) is 39.7 Å². The van der Waals surface area contributed by atoms with E-state index in [0.717, 1.165) is 0 Å². The first-order valence-corrected chi connectivity index (χ1v) is 5.99. The highest BCUT2D eigenvalue weighted by Crippen LogP contribution is 2.21. The average molecular weight is 271 g/mol. The van der Waals surface area contributed by atoms with Gasteiger partial charge in [0.1, 0.15) is 12.2 Å². The van der Waals surface area contributed by atoms with Gasteiger partial charge in [-0.15, -0.1) is 0 Å². The molecular formula is C12H15ClN2O3. The molecule has 2 rings (SSSR count). The van der Waals surface area contributed by atoms with Crippen LogP contribution in [0.4, 0.5) is 0 Å². The predicted molar refractivity (Wildman–Crippen MR) is 66.7 cm³/mol. The number of hydrogen-bond donors (Lipinski definition) is 0. The third-order valence-corrected chi connectivity index (χ3v) is 3.41. The van der Waals surface area contributed by atoms with Crippen molar-refractivity contribution in [1.82, 2.24) is 9.88 Å². The zero-order valence-corrected chi connectivity index (χ0v) is 11.1. The lowest BCUT2D eigenvalue weighted by Gasteiger charge is -2.16. The van der Waals surface area contributed by atoms with Crippen molar-refractivity contribution >= 4 is 17.5 Å². The van der Waals surface area contributed by atoms with E-state index in [-0.39, 0.29) is 18.1 Å². The van der Waals surface area contributed by atoms with Gasteiger partial charge in [-0.2, -0.15) is 0 Å². The van der Waals surface area contributed by atoms with Crippen LogP contribution in [0.3, 0.4) is 0 Å². The fraction of sp³-hybridized carbons (Fsp3) is 0.500. The lowest BCUT2D eigenvalue weighted by atomic mass is 10.2. The van der Waals surface area contributed by atoms with Crippen LogP contribution in [-0.2, 0) is 9.47 Å². The Morgan fingerprint density at radius 1 is 1.39 bits per heavy atom. The Bertz CT molecular complexity index is 429. The highest BCUT2D eigenvalue weighted by atomic mass is 35.5. The second kappa shape index (κ2) is 5.65. The molecule has 1 aromatic rings. The first-order valence-electron chi connectivity index (χ1n) is 5.61. The van der Waals surface area contributed by atoms with Gasteiger partial charge in [-0.1, -0.05) is 11.6 Å². The summed E-state index contributed by atoms with van der Waals surface area (Å²) in [5.41, 5.74) is 0.457. The van der Waals surface area contributed by atoms with Crippen molar-refractivity contribution in [2.24, 2.45) is 0 Å². The number of methoxy groups -OCH3 is 2. The first-order chi connectivity index (χ1) is 8.67. The van der Waals surface area contributed by atoms with Crippen LogP contribution in [0.5, 0.6) is 0 Å². The van der Waals surface area contributed by atoms with E-state index in [2.05, 4.69) is 4.98 Å². The van der Waals surface area contributed by atoms with E-state index in [0.29, 0.717) is 23.7 Å². The minimum Gasteiger partial charge on any atom is -0.377 e. The first kappa shape index (κ1) is 13.3. The van der Waals surface area contributed by atoms with Gasteiger partial charge in [0.05, 0.1) is 10.6 Å². The number of aromatic nitrogens is 1. The maximum absolute atomic E-state index is 12.3. The quantitative estimate of drug-likeness (QED) is 0.829. The lowest BCUT2D eigenvalue weighted by molar-refractivity contribution is -0.00461. The molecule has 1 amide bonds. The number of carbonyl (C=O) groups is 1. The van der Waals surface area contributed by atoms with Crippen LogP contribution in [0.15, 0.2) is 18.5 Å². The fourth-order valence-electron chi connectivity index (χ4n) is 2.08. The summed E-state index contributed by atoms with van der Waals surface area (Å²) >= 11 is 5.97. The van der Waals surface area contributed by atoms with E-state index >= 15 is 0 Å². The third-order valence-electron chi connectivity index (χ3n) is 3.11. The van der Waals surface area contributed by atoms with Crippen molar-refractivity contribution < 1.29 is 14.3 Å². The molecular weight excluding hydrogens is 256 g/mol. The summed E-state index contributed by atoms with van der Waals surface area (Å²) in [5, 5.41) is 0.359.